The van der Waals surface area contributed by atoms with Crippen molar-refractivity contribution in [2.24, 2.45) is 0 Å². The second-order valence-corrected chi connectivity index (χ2v) is 10.3. The molecule has 1 heterocycles. The van der Waals surface area contributed by atoms with Crippen molar-refractivity contribution in [3.05, 3.63) is 100 Å². The van der Waals surface area contributed by atoms with Crippen molar-refractivity contribution < 1.29 is 34.1 Å². The number of rotatable bonds is 7. The van der Waals surface area contributed by atoms with Gasteiger partial charge in [-0.1, -0.05) is 57.2 Å². The van der Waals surface area contributed by atoms with E-state index in [4.69, 9.17) is 9.47 Å². The maximum Gasteiger partial charge on any atom is 0.335 e. The van der Waals surface area contributed by atoms with E-state index in [-0.39, 0.29) is 28.9 Å². The normalized spacial score (nSPS) is 16.8. The Labute approximate surface area is 227 Å². The second-order valence-electron chi connectivity index (χ2n) is 10.3. The average Bonchev–Trinajstić information content (AvgIpc) is 3.16. The molecule has 2 N–H and O–H groups in total. The molecular formula is C31H31NO7. The number of para-hydroxylation sites is 1. The summed E-state index contributed by atoms with van der Waals surface area (Å²) in [5.41, 5.74) is 2.12. The highest BCUT2D eigenvalue weighted by Crippen LogP contribution is 2.44. The molecule has 1 aliphatic rings. The van der Waals surface area contributed by atoms with Crippen LogP contribution in [0.15, 0.2) is 72.3 Å². The molecule has 1 unspecified atom stereocenters. The van der Waals surface area contributed by atoms with E-state index in [0.717, 1.165) is 5.56 Å². The molecule has 1 fully saturated rings. The van der Waals surface area contributed by atoms with Crippen molar-refractivity contribution in [3.63, 3.8) is 0 Å². The maximum absolute atomic E-state index is 13.6. The van der Waals surface area contributed by atoms with E-state index < -0.39 is 23.7 Å². The first kappa shape index (κ1) is 27.4. The van der Waals surface area contributed by atoms with Gasteiger partial charge in [-0.3, -0.25) is 9.59 Å². The minimum atomic E-state index is -1.07. The molecule has 0 aromatic heterocycles. The first-order valence-corrected chi connectivity index (χ1v) is 12.4. The van der Waals surface area contributed by atoms with E-state index in [2.05, 4.69) is 0 Å². The maximum atomic E-state index is 13.6. The van der Waals surface area contributed by atoms with Crippen molar-refractivity contribution >= 4 is 23.4 Å². The fraction of sp³-hybridized carbons (Fsp3) is 0.258. The second kappa shape index (κ2) is 10.6. The van der Waals surface area contributed by atoms with E-state index in [0.29, 0.717) is 28.2 Å². The zero-order valence-electron chi connectivity index (χ0n) is 22.5. The Hall–Kier alpha value is -4.59. The Morgan fingerprint density at radius 3 is 2.13 bits per heavy atom. The number of benzene rings is 3. The number of aliphatic hydroxyl groups is 1. The third-order valence-electron chi connectivity index (χ3n) is 6.85. The van der Waals surface area contributed by atoms with Gasteiger partial charge in [0, 0.05) is 12.1 Å². The molecule has 1 aliphatic heterocycles. The monoisotopic (exact) mass is 529 g/mol. The van der Waals surface area contributed by atoms with Gasteiger partial charge in [-0.15, -0.1) is 0 Å². The Kier molecular flexibility index (Phi) is 7.49. The minimum Gasteiger partial charge on any atom is -0.507 e. The Morgan fingerprint density at radius 1 is 0.897 bits per heavy atom. The van der Waals surface area contributed by atoms with Gasteiger partial charge in [0.15, 0.2) is 0 Å². The van der Waals surface area contributed by atoms with Gasteiger partial charge in [0.1, 0.15) is 17.3 Å². The number of ketones is 1. The lowest BCUT2D eigenvalue weighted by Crippen LogP contribution is -2.29. The van der Waals surface area contributed by atoms with Gasteiger partial charge in [0.25, 0.3) is 11.7 Å². The van der Waals surface area contributed by atoms with Crippen LogP contribution in [-0.4, -0.2) is 47.0 Å². The first-order chi connectivity index (χ1) is 18.5. The van der Waals surface area contributed by atoms with Crippen LogP contribution in [0.4, 0.5) is 0 Å². The zero-order valence-corrected chi connectivity index (χ0v) is 22.5. The highest BCUT2D eigenvalue weighted by molar-refractivity contribution is 6.46. The Bertz CT molecular complexity index is 1460. The quantitative estimate of drug-likeness (QED) is 0.242. The van der Waals surface area contributed by atoms with Crippen LogP contribution in [0.25, 0.3) is 5.76 Å². The predicted octanol–water partition coefficient (Wildman–Crippen LogP) is 5.32. The largest absolute Gasteiger partial charge is 0.507 e. The molecule has 0 bridgehead atoms. The fourth-order valence-corrected chi connectivity index (χ4v) is 4.71. The summed E-state index contributed by atoms with van der Waals surface area (Å²) < 4.78 is 11.1. The molecule has 3 aromatic rings. The number of methoxy groups -OCH3 is 2. The van der Waals surface area contributed by atoms with Crippen LogP contribution < -0.4 is 9.47 Å². The van der Waals surface area contributed by atoms with Crippen molar-refractivity contribution in [2.45, 2.75) is 38.8 Å². The molecule has 8 nitrogen and oxygen atoms in total. The van der Waals surface area contributed by atoms with E-state index in [1.54, 1.807) is 48.5 Å². The van der Waals surface area contributed by atoms with Gasteiger partial charge in [0.05, 0.1) is 37.0 Å². The van der Waals surface area contributed by atoms with E-state index in [1.807, 2.05) is 26.8 Å². The summed E-state index contributed by atoms with van der Waals surface area (Å²) in [7, 11) is 2.96. The summed E-state index contributed by atoms with van der Waals surface area (Å²) in [6.45, 7) is 6.09. The van der Waals surface area contributed by atoms with Crippen LogP contribution in [-0.2, 0) is 21.5 Å². The average molecular weight is 530 g/mol. The molecule has 202 valence electrons. The molecule has 8 heteroatoms. The molecule has 4 rings (SSSR count). The van der Waals surface area contributed by atoms with Gasteiger partial charge in [0.2, 0.25) is 0 Å². The van der Waals surface area contributed by atoms with Crippen LogP contribution in [0.1, 0.15) is 59.4 Å². The molecular weight excluding hydrogens is 498 g/mol. The van der Waals surface area contributed by atoms with Gasteiger partial charge >= 0.3 is 5.97 Å². The first-order valence-electron chi connectivity index (χ1n) is 12.4. The molecule has 1 saturated heterocycles. The fourth-order valence-electron chi connectivity index (χ4n) is 4.71. The zero-order chi connectivity index (χ0) is 28.5. The number of aliphatic hydroxyl groups excluding tert-OH is 1. The Morgan fingerprint density at radius 2 is 1.54 bits per heavy atom. The molecule has 0 radical (unpaired) electrons. The van der Waals surface area contributed by atoms with Gasteiger partial charge in [-0.05, 0) is 46.9 Å². The molecule has 0 spiro atoms. The lowest BCUT2D eigenvalue weighted by Gasteiger charge is -2.27. The topological polar surface area (TPSA) is 113 Å². The molecule has 0 saturated carbocycles. The van der Waals surface area contributed by atoms with Crippen LogP contribution in [0.2, 0.25) is 0 Å². The highest BCUT2D eigenvalue weighted by atomic mass is 16.5. The number of carboxylic acids is 1. The molecule has 1 amide bonds. The van der Waals surface area contributed by atoms with E-state index >= 15 is 0 Å². The molecule has 1 atom stereocenters. The molecule has 0 aliphatic carbocycles. The number of Topliss-reactive ketones (excluding diaryl/α,β-unsaturated/α-hetero) is 1. The van der Waals surface area contributed by atoms with Crippen LogP contribution in [0.5, 0.6) is 11.5 Å². The van der Waals surface area contributed by atoms with E-state index in [1.165, 1.54) is 31.3 Å². The summed E-state index contributed by atoms with van der Waals surface area (Å²) >= 11 is 0. The van der Waals surface area contributed by atoms with Crippen molar-refractivity contribution in [3.8, 4) is 11.5 Å². The van der Waals surface area contributed by atoms with Gasteiger partial charge in [-0.25, -0.2) is 4.79 Å². The number of carbonyl (C=O) groups excluding carboxylic acids is 2. The smallest absolute Gasteiger partial charge is 0.335 e. The standard InChI is InChI=1S/C31H31NO7/c1-31(2,3)20-14-15-24(39-5)22(16-20)27(33)25-26(21-8-6-7-9-23(21)38-4)32(29(35)28(25)34)17-18-10-12-19(13-11-18)30(36)37/h6-16,26,33H,17H2,1-5H3,(H,36,37)/b27-25+. The predicted molar refractivity (Wildman–Crippen MR) is 146 cm³/mol. The number of carbonyl (C=O) groups is 3. The summed E-state index contributed by atoms with van der Waals surface area (Å²) in [6.07, 6.45) is 0. The van der Waals surface area contributed by atoms with Crippen molar-refractivity contribution in [2.75, 3.05) is 14.2 Å². The van der Waals surface area contributed by atoms with Crippen LogP contribution in [0, 0.1) is 0 Å². The third-order valence-corrected chi connectivity index (χ3v) is 6.85. The summed E-state index contributed by atoms with van der Waals surface area (Å²) in [5.74, 6) is -2.25. The number of hydrogen-bond acceptors (Lipinski definition) is 6. The van der Waals surface area contributed by atoms with Crippen molar-refractivity contribution in [1.82, 2.24) is 4.90 Å². The number of aromatic carboxylic acids is 1. The van der Waals surface area contributed by atoms with Gasteiger partial charge in [-0.2, -0.15) is 0 Å². The lowest BCUT2D eigenvalue weighted by molar-refractivity contribution is -0.140. The number of ether oxygens (including phenoxy) is 2. The number of carboxylic acid groups (broad SMARTS) is 1. The van der Waals surface area contributed by atoms with Crippen LogP contribution >= 0.6 is 0 Å². The van der Waals surface area contributed by atoms with Gasteiger partial charge < -0.3 is 24.6 Å². The third kappa shape index (κ3) is 5.23. The van der Waals surface area contributed by atoms with Crippen LogP contribution in [0.3, 0.4) is 0 Å². The number of amides is 1. The lowest BCUT2D eigenvalue weighted by atomic mass is 9.85. The Balaban J connectivity index is 1.93. The summed E-state index contributed by atoms with van der Waals surface area (Å²) in [6, 6.07) is 17.5. The summed E-state index contributed by atoms with van der Waals surface area (Å²) in [4.78, 5) is 39.7. The number of nitrogens with zero attached hydrogens (tertiary/aromatic N) is 1. The minimum absolute atomic E-state index is 0.00311. The number of hydrogen-bond donors (Lipinski definition) is 2. The molecule has 39 heavy (non-hydrogen) atoms. The summed E-state index contributed by atoms with van der Waals surface area (Å²) in [5, 5.41) is 20.9. The molecule has 3 aromatic carbocycles. The van der Waals surface area contributed by atoms with E-state index in [9.17, 15) is 24.6 Å². The number of likely N-dealkylation sites (tertiary alicyclic amines) is 1. The van der Waals surface area contributed by atoms with Crippen molar-refractivity contribution in [1.29, 1.82) is 0 Å². The SMILES string of the molecule is COc1ccc(C(C)(C)C)cc1/C(O)=C1\C(=O)C(=O)N(Cc2ccc(C(=O)O)cc2)C1c1ccccc1OC. The highest BCUT2D eigenvalue weighted by Gasteiger charge is 2.47.